The molecule has 4 N–H and O–H groups in total. The molecule has 0 bridgehead atoms. The van der Waals surface area contributed by atoms with E-state index in [1.165, 1.54) is 29.3 Å². The Balaban J connectivity index is 1.22. The van der Waals surface area contributed by atoms with Crippen LogP contribution in [0.5, 0.6) is 11.5 Å². The van der Waals surface area contributed by atoms with Crippen LogP contribution < -0.4 is 20.7 Å². The number of carbonyl (C=O) groups excluding carboxylic acids is 8. The van der Waals surface area contributed by atoms with E-state index in [4.69, 9.17) is 23.7 Å². The van der Waals surface area contributed by atoms with Crippen molar-refractivity contribution < 1.29 is 75.9 Å². The third kappa shape index (κ3) is 28.1. The van der Waals surface area contributed by atoms with Crippen LogP contribution in [0.1, 0.15) is 125 Å². The molecule has 5 amide bonds. The number of ether oxygens (including phenoxy) is 5. The Labute approximate surface area is 545 Å². The number of alkyl halides is 2. The van der Waals surface area contributed by atoms with Gasteiger partial charge < -0.3 is 49.6 Å². The summed E-state index contributed by atoms with van der Waals surface area (Å²) < 4.78 is 57.1. The lowest BCUT2D eigenvalue weighted by atomic mass is 10.0. The number of hydrogen-bond donors (Lipinski definition) is 4. The molecule has 93 heavy (non-hydrogen) atoms. The van der Waals surface area contributed by atoms with Crippen LogP contribution in [0.2, 0.25) is 0 Å². The van der Waals surface area contributed by atoms with Crippen LogP contribution in [0.3, 0.4) is 0 Å². The fraction of sp³-hybridized carbons (Fsp3) is 0.636. The van der Waals surface area contributed by atoms with Gasteiger partial charge in [-0.1, -0.05) is 12.1 Å². The third-order valence-corrected chi connectivity index (χ3v) is 14.4. The number of rotatable bonds is 25. The monoisotopic (exact) mass is 1310 g/mol. The van der Waals surface area contributed by atoms with Gasteiger partial charge in [-0.2, -0.15) is 5.26 Å². The van der Waals surface area contributed by atoms with Crippen LogP contribution in [-0.2, 0) is 54.1 Å². The predicted octanol–water partition coefficient (Wildman–Crippen LogP) is 5.31. The number of aromatic nitrogens is 1. The van der Waals surface area contributed by atoms with Gasteiger partial charge in [0.05, 0.1) is 63.0 Å². The summed E-state index contributed by atoms with van der Waals surface area (Å²) >= 11 is 0. The zero-order chi connectivity index (χ0) is 68.9. The Morgan fingerprint density at radius 3 is 1.66 bits per heavy atom. The van der Waals surface area contributed by atoms with Gasteiger partial charge in [0.1, 0.15) is 46.0 Å². The molecule has 514 valence electrons. The predicted molar refractivity (Wildman–Crippen MR) is 342 cm³/mol. The molecule has 0 radical (unpaired) electrons. The molecule has 27 heteroatoms. The second-order valence-electron chi connectivity index (χ2n) is 27.4. The fourth-order valence-electron chi connectivity index (χ4n) is 10.2. The Morgan fingerprint density at radius 2 is 1.16 bits per heavy atom. The number of hydrogen-bond acceptors (Lipinski definition) is 20. The molecule has 0 spiro atoms. The van der Waals surface area contributed by atoms with Gasteiger partial charge in [-0.05, 0) is 144 Å². The number of benzene rings is 2. The maximum atomic E-state index is 14.4. The molecular formula is C66H97F2N11O14. The number of amides is 5. The van der Waals surface area contributed by atoms with Crippen LogP contribution in [0.25, 0.3) is 10.9 Å². The molecule has 2 aliphatic heterocycles. The SMILES string of the molecule is CC(C)(C)OC(=O)CN1CCN(CC(=O)NCCCCNC(=O)[C@@H](Cc2ccc(O)cc2)N(CCCOc2ccc3nccc(C(=O)NCC(=O)N4CC(F)(F)C[C@@H]4C#N)c3c2)C(=O)OC(C)(C)C)CCN(CC(=O)OC(C)(C)C)CCN(CC(=O)OC(C)(C)C)CC1. The summed E-state index contributed by atoms with van der Waals surface area (Å²) in [6, 6.07) is 11.8. The third-order valence-electron chi connectivity index (χ3n) is 14.4. The molecule has 2 atom stereocenters. The number of halogens is 2. The molecule has 2 saturated heterocycles. The average molecular weight is 1310 g/mol. The number of nitriles is 1. The van der Waals surface area contributed by atoms with Crippen molar-refractivity contribution in [2.24, 2.45) is 0 Å². The molecule has 2 aromatic carbocycles. The van der Waals surface area contributed by atoms with Crippen molar-refractivity contribution in [1.82, 2.24) is 50.3 Å². The summed E-state index contributed by atoms with van der Waals surface area (Å²) in [4.78, 5) is 122. The Bertz CT molecular complexity index is 3020. The summed E-state index contributed by atoms with van der Waals surface area (Å²) in [6.07, 6.45) is 0.999. The maximum Gasteiger partial charge on any atom is 0.410 e. The molecule has 3 heterocycles. The number of esters is 3. The molecule has 0 aliphatic carbocycles. The zero-order valence-electron chi connectivity index (χ0n) is 56.2. The first kappa shape index (κ1) is 75.9. The molecule has 1 aromatic heterocycles. The van der Waals surface area contributed by atoms with E-state index in [0.717, 1.165) is 4.90 Å². The first-order chi connectivity index (χ1) is 43.4. The second-order valence-corrected chi connectivity index (χ2v) is 27.4. The number of unbranched alkanes of at least 4 members (excludes halogenated alkanes) is 1. The van der Waals surface area contributed by atoms with E-state index < -0.39 is 102 Å². The lowest BCUT2D eigenvalue weighted by molar-refractivity contribution is -0.158. The van der Waals surface area contributed by atoms with E-state index in [2.05, 4.69) is 20.9 Å². The number of nitrogens with zero attached hydrogens (tertiary/aromatic N) is 8. The van der Waals surface area contributed by atoms with Crippen LogP contribution >= 0.6 is 0 Å². The smallest absolute Gasteiger partial charge is 0.410 e. The topological polar surface area (TPSA) is 295 Å². The van der Waals surface area contributed by atoms with Gasteiger partial charge in [0.25, 0.3) is 11.8 Å². The Morgan fingerprint density at radius 1 is 0.667 bits per heavy atom. The summed E-state index contributed by atoms with van der Waals surface area (Å²) in [6.45, 7) is 23.2. The van der Waals surface area contributed by atoms with Gasteiger partial charge in [0.2, 0.25) is 17.7 Å². The number of phenols is 1. The average Bonchev–Trinajstić information content (AvgIpc) is 1.81. The highest BCUT2D eigenvalue weighted by molar-refractivity contribution is 6.07. The number of aromatic hydroxyl groups is 1. The minimum atomic E-state index is -3.22. The number of fused-ring (bicyclic) bond motifs is 1. The number of nitrogens with one attached hydrogen (secondary N) is 3. The van der Waals surface area contributed by atoms with Crippen molar-refractivity contribution in [1.29, 1.82) is 5.26 Å². The lowest BCUT2D eigenvalue weighted by Crippen LogP contribution is -2.52. The van der Waals surface area contributed by atoms with Gasteiger partial charge in [0, 0.05) is 96.4 Å². The van der Waals surface area contributed by atoms with Crippen LogP contribution in [0.15, 0.2) is 54.7 Å². The van der Waals surface area contributed by atoms with Gasteiger partial charge in [-0.25, -0.2) is 13.6 Å². The van der Waals surface area contributed by atoms with Gasteiger partial charge in [-0.15, -0.1) is 0 Å². The maximum absolute atomic E-state index is 14.4. The van der Waals surface area contributed by atoms with E-state index >= 15 is 0 Å². The van der Waals surface area contributed by atoms with Crippen LogP contribution in [0, 0.1) is 11.3 Å². The Hall–Kier alpha value is -7.80. The fourth-order valence-corrected chi connectivity index (χ4v) is 10.2. The summed E-state index contributed by atoms with van der Waals surface area (Å²) in [5.74, 6) is -6.39. The molecule has 5 rings (SSSR count). The van der Waals surface area contributed by atoms with Crippen LogP contribution in [0.4, 0.5) is 13.6 Å². The summed E-state index contributed by atoms with van der Waals surface area (Å²) in [7, 11) is 0. The highest BCUT2D eigenvalue weighted by Gasteiger charge is 2.47. The van der Waals surface area contributed by atoms with E-state index in [0.29, 0.717) is 87.4 Å². The molecule has 2 aliphatic rings. The van der Waals surface area contributed by atoms with E-state index in [9.17, 15) is 57.5 Å². The molecule has 0 unspecified atom stereocenters. The highest BCUT2D eigenvalue weighted by atomic mass is 19.3. The quantitative estimate of drug-likeness (QED) is 0.0475. The first-order valence-corrected chi connectivity index (χ1v) is 31.7. The molecular weight excluding hydrogens is 1210 g/mol. The van der Waals surface area contributed by atoms with E-state index in [1.54, 1.807) is 119 Å². The lowest BCUT2D eigenvalue weighted by Gasteiger charge is -2.34. The standard InChI is InChI=1S/C66H97F2N11O14/c1-62(2,3)90-56(83)42-75-29-27-74(28-30-76(43-57(84)91-63(4,5)6)32-34-77(33-31-75)44-58(85)92-64(7,8)9)41-54(81)71-23-13-14-24-72-60(87)53(36-46-16-18-48(80)19-17-46)78(61(88)93-65(10,11)12)26-15-35-89-49-20-21-52-51(37-49)50(22-25-70-52)59(86)73-40-55(82)79-45-66(67,68)38-47(79)39-69/h16-22,25,37,47,53,80H,13-15,23-24,26-36,38,40-45H2,1-12H3,(H,71,81)(H,72,87)(H,73,86)/t47-,53-/m1/s1. The molecule has 25 nitrogen and oxygen atoms in total. The second kappa shape index (κ2) is 34.4. The van der Waals surface area contributed by atoms with Crippen molar-refractivity contribution in [2.45, 2.75) is 156 Å². The first-order valence-electron chi connectivity index (χ1n) is 31.7. The molecule has 3 aromatic rings. The van der Waals surface area contributed by atoms with Crippen molar-refractivity contribution in [3.63, 3.8) is 0 Å². The largest absolute Gasteiger partial charge is 0.508 e. The van der Waals surface area contributed by atoms with Crippen molar-refractivity contribution >= 4 is 58.5 Å². The zero-order valence-corrected chi connectivity index (χ0v) is 56.2. The van der Waals surface area contributed by atoms with Crippen molar-refractivity contribution in [3.05, 3.63) is 65.9 Å². The number of carbonyl (C=O) groups is 8. The van der Waals surface area contributed by atoms with Crippen LogP contribution in [-0.4, -0.2) is 245 Å². The normalized spacial score (nSPS) is 17.0. The van der Waals surface area contributed by atoms with Crippen molar-refractivity contribution in [3.8, 4) is 17.6 Å². The van der Waals surface area contributed by atoms with E-state index in [-0.39, 0.29) is 82.5 Å². The van der Waals surface area contributed by atoms with Gasteiger partial charge in [0.15, 0.2) is 0 Å². The van der Waals surface area contributed by atoms with Gasteiger partial charge in [-0.3, -0.25) is 63.0 Å². The number of pyridine rings is 1. The molecule has 0 saturated carbocycles. The van der Waals surface area contributed by atoms with E-state index in [1.807, 2.05) is 19.6 Å². The highest BCUT2D eigenvalue weighted by Crippen LogP contribution is 2.32. The molecule has 2 fully saturated rings. The minimum absolute atomic E-state index is 0.00192. The number of phenolic OH excluding ortho intramolecular Hbond substituents is 1. The summed E-state index contributed by atoms with van der Waals surface area (Å²) in [5, 5.41) is 28.2. The number of likely N-dealkylation sites (tertiary alicyclic amines) is 1. The Kier molecular flexibility index (Phi) is 28.1. The van der Waals surface area contributed by atoms with Gasteiger partial charge >= 0.3 is 24.0 Å². The minimum Gasteiger partial charge on any atom is -0.508 e. The summed E-state index contributed by atoms with van der Waals surface area (Å²) in [5.41, 5.74) is -1.91. The van der Waals surface area contributed by atoms with Crippen molar-refractivity contribution in [2.75, 3.05) is 118 Å².